The lowest BCUT2D eigenvalue weighted by Crippen LogP contribution is -2.52. The first-order valence-electron chi connectivity index (χ1n) is 10.7. The summed E-state index contributed by atoms with van der Waals surface area (Å²) in [6.45, 7) is 6.91. The van der Waals surface area contributed by atoms with E-state index in [9.17, 15) is 14.4 Å². The zero-order valence-corrected chi connectivity index (χ0v) is 19.1. The van der Waals surface area contributed by atoms with Gasteiger partial charge in [0, 0.05) is 0 Å². The van der Waals surface area contributed by atoms with Crippen molar-refractivity contribution in [3.05, 3.63) is 71.8 Å². The van der Waals surface area contributed by atoms with Gasteiger partial charge in [-0.1, -0.05) is 60.7 Å². The van der Waals surface area contributed by atoms with Crippen molar-refractivity contribution in [1.82, 2.24) is 10.6 Å². The van der Waals surface area contributed by atoms with Crippen LogP contribution in [0.1, 0.15) is 45.2 Å². The van der Waals surface area contributed by atoms with Gasteiger partial charge in [0.15, 0.2) is 0 Å². The Morgan fingerprint density at radius 3 is 2.00 bits per heavy atom. The molecule has 0 aromatic heterocycles. The third-order valence-electron chi connectivity index (χ3n) is 4.51. The molecule has 0 unspecified atom stereocenters. The quantitative estimate of drug-likeness (QED) is 0.579. The van der Waals surface area contributed by atoms with E-state index in [-0.39, 0.29) is 6.61 Å². The molecule has 0 heterocycles. The third-order valence-corrected chi connectivity index (χ3v) is 4.51. The first-order valence-corrected chi connectivity index (χ1v) is 10.7. The van der Waals surface area contributed by atoms with Crippen molar-refractivity contribution >= 4 is 18.0 Å². The van der Waals surface area contributed by atoms with E-state index in [4.69, 9.17) is 9.47 Å². The standard InChI is InChI=1S/C25H32N2O5/c1-18(23(29)31-17-20-13-9-6-10-14-20)26-22(28)21(27-24(30)32-25(2,3)4)16-15-19-11-7-5-8-12-19/h5-14,18,21H,15-17H2,1-4H3,(H,26,28)(H,27,30)/t18-,21+/m0/s1. The van der Waals surface area contributed by atoms with E-state index in [1.54, 1.807) is 27.7 Å². The maximum atomic E-state index is 12.9. The van der Waals surface area contributed by atoms with Gasteiger partial charge in [-0.15, -0.1) is 0 Å². The fraction of sp³-hybridized carbons (Fsp3) is 0.400. The Hall–Kier alpha value is -3.35. The number of carbonyl (C=O) groups excluding carboxylic acids is 3. The molecule has 2 amide bonds. The fourth-order valence-electron chi connectivity index (χ4n) is 2.90. The Morgan fingerprint density at radius 1 is 0.875 bits per heavy atom. The second-order valence-electron chi connectivity index (χ2n) is 8.55. The summed E-state index contributed by atoms with van der Waals surface area (Å²) in [5, 5.41) is 5.26. The van der Waals surface area contributed by atoms with Crippen molar-refractivity contribution < 1.29 is 23.9 Å². The number of hydrogen-bond acceptors (Lipinski definition) is 5. The molecule has 0 radical (unpaired) electrons. The second kappa shape index (κ2) is 11.9. The van der Waals surface area contributed by atoms with Gasteiger partial charge in [0.2, 0.25) is 5.91 Å². The lowest BCUT2D eigenvalue weighted by molar-refractivity contribution is -0.148. The molecule has 2 aromatic rings. The SMILES string of the molecule is C[C@H](NC(=O)[C@@H](CCc1ccccc1)NC(=O)OC(C)(C)C)C(=O)OCc1ccccc1. The van der Waals surface area contributed by atoms with Crippen molar-refractivity contribution in [3.8, 4) is 0 Å². The summed E-state index contributed by atoms with van der Waals surface area (Å²) in [4.78, 5) is 37.4. The Kier molecular flexibility index (Phi) is 9.25. The number of rotatable bonds is 9. The monoisotopic (exact) mass is 440 g/mol. The number of hydrogen-bond donors (Lipinski definition) is 2. The fourth-order valence-corrected chi connectivity index (χ4v) is 2.90. The Balaban J connectivity index is 1.96. The van der Waals surface area contributed by atoms with E-state index >= 15 is 0 Å². The maximum Gasteiger partial charge on any atom is 0.408 e. The number of ether oxygens (including phenoxy) is 2. The summed E-state index contributed by atoms with van der Waals surface area (Å²) in [5.41, 5.74) is 1.19. The van der Waals surface area contributed by atoms with E-state index in [1.807, 2.05) is 60.7 Å². The number of carbonyl (C=O) groups is 3. The van der Waals surface area contributed by atoms with Crippen molar-refractivity contribution in [2.24, 2.45) is 0 Å². The van der Waals surface area contributed by atoms with Gasteiger partial charge in [-0.3, -0.25) is 4.79 Å². The molecule has 0 saturated carbocycles. The molecule has 0 saturated heterocycles. The Bertz CT molecular complexity index is 878. The van der Waals surface area contributed by atoms with E-state index < -0.39 is 35.7 Å². The smallest absolute Gasteiger partial charge is 0.408 e. The second-order valence-corrected chi connectivity index (χ2v) is 8.55. The number of alkyl carbamates (subject to hydrolysis) is 1. The van der Waals surface area contributed by atoms with Crippen LogP contribution in [-0.4, -0.2) is 35.7 Å². The molecule has 2 N–H and O–H groups in total. The molecule has 7 nitrogen and oxygen atoms in total. The molecule has 2 aromatic carbocycles. The lowest BCUT2D eigenvalue weighted by atomic mass is 10.0. The highest BCUT2D eigenvalue weighted by atomic mass is 16.6. The van der Waals surface area contributed by atoms with Crippen LogP contribution in [0, 0.1) is 0 Å². The normalized spacial score (nSPS) is 12.9. The molecular formula is C25H32N2O5. The first kappa shape index (κ1) is 24.9. The highest BCUT2D eigenvalue weighted by Gasteiger charge is 2.27. The van der Waals surface area contributed by atoms with Crippen LogP contribution in [0.25, 0.3) is 0 Å². The van der Waals surface area contributed by atoms with Crippen LogP contribution >= 0.6 is 0 Å². The molecule has 2 atom stereocenters. The van der Waals surface area contributed by atoms with Crippen LogP contribution < -0.4 is 10.6 Å². The molecule has 32 heavy (non-hydrogen) atoms. The van der Waals surface area contributed by atoms with Gasteiger partial charge in [-0.05, 0) is 51.7 Å². The zero-order chi connectivity index (χ0) is 23.6. The minimum absolute atomic E-state index is 0.119. The van der Waals surface area contributed by atoms with Crippen molar-refractivity contribution in [2.75, 3.05) is 0 Å². The molecule has 0 spiro atoms. The van der Waals surface area contributed by atoms with Crippen LogP contribution in [0.5, 0.6) is 0 Å². The highest BCUT2D eigenvalue weighted by Crippen LogP contribution is 2.10. The summed E-state index contributed by atoms with van der Waals surface area (Å²) in [5.74, 6) is -1.03. The van der Waals surface area contributed by atoms with Gasteiger partial charge >= 0.3 is 12.1 Å². The topological polar surface area (TPSA) is 93.7 Å². The number of esters is 1. The number of amides is 2. The third kappa shape index (κ3) is 9.20. The highest BCUT2D eigenvalue weighted by molar-refractivity contribution is 5.89. The van der Waals surface area contributed by atoms with Crippen LogP contribution in [0.2, 0.25) is 0 Å². The molecule has 0 fully saturated rings. The molecular weight excluding hydrogens is 408 g/mol. The van der Waals surface area contributed by atoms with Crippen LogP contribution in [-0.2, 0) is 32.1 Å². The summed E-state index contributed by atoms with van der Waals surface area (Å²) in [6.07, 6.45) is 0.229. The summed E-state index contributed by atoms with van der Waals surface area (Å²) < 4.78 is 10.6. The van der Waals surface area contributed by atoms with Gasteiger partial charge in [0.05, 0.1) is 0 Å². The largest absolute Gasteiger partial charge is 0.459 e. The first-order chi connectivity index (χ1) is 15.1. The van der Waals surface area contributed by atoms with Crippen molar-refractivity contribution in [1.29, 1.82) is 0 Å². The van der Waals surface area contributed by atoms with Gasteiger partial charge in [0.25, 0.3) is 0 Å². The van der Waals surface area contributed by atoms with Crippen LogP contribution in [0.3, 0.4) is 0 Å². The average molecular weight is 441 g/mol. The molecule has 0 aliphatic carbocycles. The Labute approximate surface area is 189 Å². The summed E-state index contributed by atoms with van der Waals surface area (Å²) in [7, 11) is 0. The van der Waals surface area contributed by atoms with Gasteiger partial charge in [-0.2, -0.15) is 0 Å². The molecule has 172 valence electrons. The van der Waals surface area contributed by atoms with Crippen LogP contribution in [0.15, 0.2) is 60.7 Å². The lowest BCUT2D eigenvalue weighted by Gasteiger charge is -2.24. The van der Waals surface area contributed by atoms with E-state index in [0.717, 1.165) is 11.1 Å². The zero-order valence-electron chi connectivity index (χ0n) is 19.1. The molecule has 0 aliphatic rings. The van der Waals surface area contributed by atoms with Crippen molar-refractivity contribution in [3.63, 3.8) is 0 Å². The van der Waals surface area contributed by atoms with E-state index in [1.165, 1.54) is 0 Å². The average Bonchev–Trinajstić information content (AvgIpc) is 2.75. The minimum atomic E-state index is -0.870. The molecule has 0 bridgehead atoms. The van der Waals surface area contributed by atoms with E-state index in [0.29, 0.717) is 12.8 Å². The number of nitrogens with one attached hydrogen (secondary N) is 2. The van der Waals surface area contributed by atoms with E-state index in [2.05, 4.69) is 10.6 Å². The maximum absolute atomic E-state index is 12.9. The molecule has 7 heteroatoms. The van der Waals surface area contributed by atoms with Gasteiger partial charge in [0.1, 0.15) is 24.3 Å². The molecule has 0 aliphatic heterocycles. The van der Waals surface area contributed by atoms with Gasteiger partial charge < -0.3 is 20.1 Å². The summed E-state index contributed by atoms with van der Waals surface area (Å²) in [6, 6.07) is 17.2. The Morgan fingerprint density at radius 2 is 1.44 bits per heavy atom. The minimum Gasteiger partial charge on any atom is -0.459 e. The van der Waals surface area contributed by atoms with Gasteiger partial charge in [-0.25, -0.2) is 9.59 Å². The predicted octanol–water partition coefficient (Wildman–Crippen LogP) is 3.76. The number of aryl methyl sites for hydroxylation is 1. The predicted molar refractivity (Wildman–Crippen MR) is 122 cm³/mol. The summed E-state index contributed by atoms with van der Waals surface area (Å²) >= 11 is 0. The molecule has 2 rings (SSSR count). The van der Waals surface area contributed by atoms with Crippen molar-refractivity contribution in [2.45, 2.75) is 64.8 Å². The number of benzene rings is 2. The van der Waals surface area contributed by atoms with Crippen LogP contribution in [0.4, 0.5) is 4.79 Å².